The molecule has 2 atom stereocenters. The number of aromatic nitrogens is 1. The van der Waals surface area contributed by atoms with Gasteiger partial charge in [-0.05, 0) is 42.5 Å². The number of rotatable bonds is 4. The summed E-state index contributed by atoms with van der Waals surface area (Å²) in [6.07, 6.45) is 2.80. The van der Waals surface area contributed by atoms with Crippen LogP contribution in [0.25, 0.3) is 10.9 Å². The highest BCUT2D eigenvalue weighted by Crippen LogP contribution is 2.40. The van der Waals surface area contributed by atoms with Crippen molar-refractivity contribution in [2.24, 2.45) is 5.92 Å². The van der Waals surface area contributed by atoms with Gasteiger partial charge >= 0.3 is 0 Å². The van der Waals surface area contributed by atoms with E-state index in [9.17, 15) is 4.79 Å². The molecule has 0 spiro atoms. The third kappa shape index (κ3) is 3.52. The van der Waals surface area contributed by atoms with E-state index in [1.165, 1.54) is 0 Å². The van der Waals surface area contributed by atoms with Gasteiger partial charge in [-0.1, -0.05) is 42.5 Å². The zero-order chi connectivity index (χ0) is 19.6. The van der Waals surface area contributed by atoms with Crippen molar-refractivity contribution in [3.05, 3.63) is 77.5 Å². The second-order valence-electron chi connectivity index (χ2n) is 7.88. The fraction of sp³-hybridized carbons (Fsp3) is 0.333. The lowest BCUT2D eigenvalue weighted by atomic mass is 9.89. The Morgan fingerprint density at radius 3 is 2.90 bits per heavy atom. The summed E-state index contributed by atoms with van der Waals surface area (Å²) in [4.78, 5) is 25.5. The van der Waals surface area contributed by atoms with Crippen LogP contribution in [0.15, 0.2) is 60.7 Å². The fourth-order valence-electron chi connectivity index (χ4n) is 4.66. The maximum absolute atomic E-state index is 13.2. The molecule has 29 heavy (non-hydrogen) atoms. The third-order valence-corrected chi connectivity index (χ3v) is 6.09. The van der Waals surface area contributed by atoms with Crippen LogP contribution in [0.4, 0.5) is 0 Å². The number of benzene rings is 2. The Morgan fingerprint density at radius 2 is 1.93 bits per heavy atom. The molecule has 3 aromatic rings. The van der Waals surface area contributed by atoms with Gasteiger partial charge in [0.1, 0.15) is 0 Å². The van der Waals surface area contributed by atoms with E-state index >= 15 is 0 Å². The number of amides is 1. The molecule has 5 nitrogen and oxygen atoms in total. The number of nitrogens with zero attached hydrogens (tertiary/aromatic N) is 2. The minimum absolute atomic E-state index is 0.0911. The van der Waals surface area contributed by atoms with Crippen LogP contribution in [0.1, 0.15) is 40.5 Å². The molecule has 1 saturated heterocycles. The van der Waals surface area contributed by atoms with Gasteiger partial charge in [0.15, 0.2) is 0 Å². The second kappa shape index (κ2) is 7.93. The van der Waals surface area contributed by atoms with E-state index in [4.69, 9.17) is 9.82 Å². The minimum Gasteiger partial charge on any atom is -0.331 e. The van der Waals surface area contributed by atoms with Gasteiger partial charge in [0, 0.05) is 36.2 Å². The summed E-state index contributed by atoms with van der Waals surface area (Å²) in [7, 11) is 0. The van der Waals surface area contributed by atoms with Crippen molar-refractivity contribution in [1.82, 2.24) is 15.4 Å². The number of carbonyl (C=O) groups is 1. The maximum atomic E-state index is 13.2. The number of hydrogen-bond donors (Lipinski definition) is 1. The summed E-state index contributed by atoms with van der Waals surface area (Å²) >= 11 is 0. The first-order valence-electron chi connectivity index (χ1n) is 10.4. The zero-order valence-electron chi connectivity index (χ0n) is 16.4. The first kappa shape index (κ1) is 18.3. The fourth-order valence-corrected chi connectivity index (χ4v) is 4.66. The molecule has 0 saturated carbocycles. The molecule has 2 aromatic carbocycles. The van der Waals surface area contributed by atoms with Gasteiger partial charge < -0.3 is 9.74 Å². The summed E-state index contributed by atoms with van der Waals surface area (Å²) in [6.45, 7) is 2.15. The monoisotopic (exact) mass is 387 g/mol. The van der Waals surface area contributed by atoms with Gasteiger partial charge in [-0.3, -0.25) is 9.78 Å². The molecule has 2 aliphatic rings. The van der Waals surface area contributed by atoms with E-state index in [1.807, 2.05) is 36.4 Å². The van der Waals surface area contributed by atoms with E-state index in [0.717, 1.165) is 60.1 Å². The van der Waals surface area contributed by atoms with Crippen molar-refractivity contribution in [1.29, 1.82) is 0 Å². The number of nitrogens with one attached hydrogen (secondary N) is 1. The topological polar surface area (TPSA) is 54.5 Å². The molecule has 0 radical (unpaired) electrons. The molecular weight excluding hydrogens is 362 g/mol. The lowest BCUT2D eigenvalue weighted by Crippen LogP contribution is -2.37. The Hall–Kier alpha value is -2.76. The number of para-hydroxylation sites is 1. The lowest BCUT2D eigenvalue weighted by Gasteiger charge is -2.31. The summed E-state index contributed by atoms with van der Waals surface area (Å²) in [5.41, 5.74) is 7.10. The lowest BCUT2D eigenvalue weighted by molar-refractivity contribution is 0.0415. The van der Waals surface area contributed by atoms with Crippen LogP contribution >= 0.6 is 0 Å². The van der Waals surface area contributed by atoms with E-state index in [-0.39, 0.29) is 11.9 Å². The highest BCUT2D eigenvalue weighted by atomic mass is 16.6. The number of hydroxylamine groups is 1. The summed E-state index contributed by atoms with van der Waals surface area (Å²) in [5, 5.41) is 1.14. The Bertz CT molecular complexity index is 1030. The van der Waals surface area contributed by atoms with E-state index in [2.05, 4.69) is 34.6 Å². The average molecular weight is 387 g/mol. The van der Waals surface area contributed by atoms with Gasteiger partial charge in [0.2, 0.25) is 0 Å². The van der Waals surface area contributed by atoms with Gasteiger partial charge in [0.25, 0.3) is 5.91 Å². The molecule has 1 fully saturated rings. The van der Waals surface area contributed by atoms with Crippen LogP contribution in [0.5, 0.6) is 0 Å². The van der Waals surface area contributed by atoms with Crippen molar-refractivity contribution in [2.75, 3.05) is 19.7 Å². The number of carbonyl (C=O) groups excluding carboxylic acids is 1. The molecule has 1 amide bonds. The smallest absolute Gasteiger partial charge is 0.254 e. The van der Waals surface area contributed by atoms with Crippen molar-refractivity contribution in [3.63, 3.8) is 0 Å². The summed E-state index contributed by atoms with van der Waals surface area (Å²) in [6, 6.07) is 20.5. The maximum Gasteiger partial charge on any atom is 0.254 e. The average Bonchev–Trinajstić information content (AvgIpc) is 2.92. The Morgan fingerprint density at radius 1 is 1.07 bits per heavy atom. The molecule has 5 rings (SSSR count). The Kier molecular flexibility index (Phi) is 5.00. The molecule has 0 bridgehead atoms. The molecule has 3 heterocycles. The zero-order valence-corrected chi connectivity index (χ0v) is 16.4. The minimum atomic E-state index is 0.0911. The van der Waals surface area contributed by atoms with Gasteiger partial charge in [-0.15, -0.1) is 0 Å². The first-order chi connectivity index (χ1) is 14.3. The number of fused-ring (bicyclic) bond motifs is 2. The number of pyridine rings is 1. The molecule has 0 aliphatic carbocycles. The summed E-state index contributed by atoms with van der Waals surface area (Å²) < 4.78 is 0. The van der Waals surface area contributed by atoms with E-state index < -0.39 is 0 Å². The standard InChI is InChI=1S/C24H25N3O2/c28-24-21-9-3-2-8-20(21)23(18-7-5-15-29-25-16-18)27(24)14-13-19-12-11-17-6-1-4-10-22(17)26-19/h1-4,6,8-12,18,23,25H,5,7,13-16H2. The summed E-state index contributed by atoms with van der Waals surface area (Å²) in [5.74, 6) is 0.478. The molecule has 1 aromatic heterocycles. The van der Waals surface area contributed by atoms with Crippen LogP contribution in [-0.2, 0) is 11.3 Å². The van der Waals surface area contributed by atoms with Crippen LogP contribution in [-0.4, -0.2) is 35.5 Å². The van der Waals surface area contributed by atoms with Gasteiger partial charge in [0.05, 0.1) is 18.2 Å². The normalized spacial score (nSPS) is 21.9. The number of hydrogen-bond acceptors (Lipinski definition) is 4. The molecule has 1 N–H and O–H groups in total. The highest BCUT2D eigenvalue weighted by molar-refractivity contribution is 5.99. The molecule has 2 unspecified atom stereocenters. The van der Waals surface area contributed by atoms with E-state index in [1.54, 1.807) is 0 Å². The largest absolute Gasteiger partial charge is 0.331 e. The molecule has 2 aliphatic heterocycles. The van der Waals surface area contributed by atoms with Gasteiger partial charge in [-0.25, -0.2) is 5.48 Å². The van der Waals surface area contributed by atoms with Gasteiger partial charge in [-0.2, -0.15) is 0 Å². The van der Waals surface area contributed by atoms with Crippen LogP contribution < -0.4 is 5.48 Å². The molecule has 5 heteroatoms. The van der Waals surface area contributed by atoms with Crippen molar-refractivity contribution < 1.29 is 9.63 Å². The predicted octanol–water partition coefficient (Wildman–Crippen LogP) is 3.91. The molecule has 148 valence electrons. The van der Waals surface area contributed by atoms with Crippen molar-refractivity contribution in [3.8, 4) is 0 Å². The van der Waals surface area contributed by atoms with E-state index in [0.29, 0.717) is 12.5 Å². The predicted molar refractivity (Wildman–Crippen MR) is 112 cm³/mol. The third-order valence-electron chi connectivity index (χ3n) is 6.09. The molecular formula is C24H25N3O2. The highest BCUT2D eigenvalue weighted by Gasteiger charge is 2.40. The van der Waals surface area contributed by atoms with Crippen LogP contribution in [0.3, 0.4) is 0 Å². The van der Waals surface area contributed by atoms with Crippen LogP contribution in [0.2, 0.25) is 0 Å². The van der Waals surface area contributed by atoms with Crippen molar-refractivity contribution >= 4 is 16.8 Å². The Balaban J connectivity index is 1.41. The quantitative estimate of drug-likeness (QED) is 0.738. The van der Waals surface area contributed by atoms with Crippen LogP contribution in [0, 0.1) is 5.92 Å². The SMILES string of the molecule is O=C1c2ccccc2C(C2CCCONC2)N1CCc1ccc2ccccc2n1. The second-order valence-corrected chi connectivity index (χ2v) is 7.88. The Labute approximate surface area is 170 Å². The van der Waals surface area contributed by atoms with Crippen molar-refractivity contribution in [2.45, 2.75) is 25.3 Å². The first-order valence-corrected chi connectivity index (χ1v) is 10.4.